The number of aromatic nitrogens is 1. The number of fused-ring (bicyclic) bond motifs is 1. The fraction of sp³-hybridized carbons (Fsp3) is 0.471. The van der Waals surface area contributed by atoms with Gasteiger partial charge in [-0.05, 0) is 38.8 Å². The van der Waals surface area contributed by atoms with E-state index in [1.165, 1.54) is 34.5 Å². The highest BCUT2D eigenvalue weighted by Gasteiger charge is 2.24. The summed E-state index contributed by atoms with van der Waals surface area (Å²) in [7, 11) is 4.19. The van der Waals surface area contributed by atoms with Crippen molar-refractivity contribution in [3.8, 4) is 0 Å². The molecule has 0 spiro atoms. The summed E-state index contributed by atoms with van der Waals surface area (Å²) < 4.78 is 0. The molecule has 0 amide bonds. The Bertz CT molecular complexity index is 620. The van der Waals surface area contributed by atoms with E-state index in [-0.39, 0.29) is 0 Å². The van der Waals surface area contributed by atoms with Gasteiger partial charge in [-0.15, -0.1) is 0 Å². The molecule has 1 heterocycles. The van der Waals surface area contributed by atoms with Crippen LogP contribution in [0.25, 0.3) is 0 Å². The van der Waals surface area contributed by atoms with Gasteiger partial charge in [-0.3, -0.25) is 0 Å². The van der Waals surface area contributed by atoms with Crippen LogP contribution in [0, 0.1) is 6.92 Å². The topological polar surface area (TPSA) is 28.2 Å². The molecule has 0 aliphatic heterocycles. The summed E-state index contributed by atoms with van der Waals surface area (Å²) in [5.74, 6) is 0. The van der Waals surface area contributed by atoms with Gasteiger partial charge in [-0.1, -0.05) is 41.2 Å². The molecule has 0 fully saturated rings. The second-order valence-electron chi connectivity index (χ2n) is 5.89. The Morgan fingerprint density at radius 1 is 1.43 bits per heavy atom. The molecule has 0 bridgehead atoms. The van der Waals surface area contributed by atoms with Crippen LogP contribution in [0.5, 0.6) is 0 Å². The van der Waals surface area contributed by atoms with Crippen molar-refractivity contribution in [3.63, 3.8) is 0 Å². The molecule has 1 aromatic carbocycles. The maximum atomic E-state index is 4.87. The van der Waals surface area contributed by atoms with Crippen molar-refractivity contribution in [2.75, 3.05) is 19.0 Å². The van der Waals surface area contributed by atoms with Gasteiger partial charge < -0.3 is 10.2 Å². The quantitative estimate of drug-likeness (QED) is 0.933. The monoisotopic (exact) mass is 301 g/mol. The zero-order chi connectivity index (χ0) is 14.8. The Hall–Kier alpha value is -1.39. The number of thiazole rings is 1. The van der Waals surface area contributed by atoms with E-state index in [4.69, 9.17) is 4.98 Å². The number of nitrogens with one attached hydrogen (secondary N) is 1. The van der Waals surface area contributed by atoms with E-state index in [9.17, 15) is 0 Å². The van der Waals surface area contributed by atoms with Gasteiger partial charge in [0.15, 0.2) is 5.13 Å². The van der Waals surface area contributed by atoms with Crippen LogP contribution >= 0.6 is 11.3 Å². The summed E-state index contributed by atoms with van der Waals surface area (Å²) >= 11 is 1.85. The molecule has 0 saturated carbocycles. The number of benzene rings is 1. The van der Waals surface area contributed by atoms with Crippen molar-refractivity contribution < 1.29 is 0 Å². The van der Waals surface area contributed by atoms with Crippen molar-refractivity contribution in [2.24, 2.45) is 0 Å². The van der Waals surface area contributed by atoms with E-state index in [0.29, 0.717) is 6.04 Å². The fourth-order valence-corrected chi connectivity index (χ4v) is 4.21. The van der Waals surface area contributed by atoms with Crippen molar-refractivity contribution in [2.45, 2.75) is 38.8 Å². The first-order valence-electron chi connectivity index (χ1n) is 7.61. The molecule has 3 nitrogen and oxygen atoms in total. The average Bonchev–Trinajstić information content (AvgIpc) is 2.91. The number of rotatable bonds is 4. The molecule has 0 saturated heterocycles. The molecular formula is C17H23N3S. The smallest absolute Gasteiger partial charge is 0.185 e. The molecule has 3 rings (SSSR count). The molecule has 4 heteroatoms. The van der Waals surface area contributed by atoms with Gasteiger partial charge >= 0.3 is 0 Å². The standard InChI is InChI=1S/C17H23N3S/c1-12-6-4-7-13(10-12)11-20(3)17-19-15-9-5-8-14(18-2)16(15)21-17/h4,6-7,10,14,18H,5,8-9,11H2,1-3H3. The summed E-state index contributed by atoms with van der Waals surface area (Å²) in [6.45, 7) is 3.06. The SMILES string of the molecule is CNC1CCCc2nc(N(C)Cc3cccc(C)c3)sc21. The first-order chi connectivity index (χ1) is 10.2. The van der Waals surface area contributed by atoms with Crippen LogP contribution in [0.4, 0.5) is 5.13 Å². The predicted octanol–water partition coefficient (Wildman–Crippen LogP) is 3.68. The van der Waals surface area contributed by atoms with Crippen LogP contribution in [0.3, 0.4) is 0 Å². The third-order valence-corrected chi connectivity index (χ3v) is 5.44. The lowest BCUT2D eigenvalue weighted by atomic mass is 9.98. The number of hydrogen-bond acceptors (Lipinski definition) is 4. The lowest BCUT2D eigenvalue weighted by Crippen LogP contribution is -2.19. The minimum absolute atomic E-state index is 0.493. The molecule has 1 N–H and O–H groups in total. The minimum atomic E-state index is 0.493. The van der Waals surface area contributed by atoms with Crippen LogP contribution in [-0.2, 0) is 13.0 Å². The molecule has 2 aromatic rings. The molecule has 1 atom stereocenters. The average molecular weight is 301 g/mol. The normalized spacial score (nSPS) is 17.6. The summed E-state index contributed by atoms with van der Waals surface area (Å²) in [6.07, 6.45) is 3.60. The fourth-order valence-electron chi connectivity index (χ4n) is 3.00. The van der Waals surface area contributed by atoms with Gasteiger partial charge in [0.05, 0.1) is 5.69 Å². The highest BCUT2D eigenvalue weighted by atomic mass is 32.1. The first-order valence-corrected chi connectivity index (χ1v) is 8.42. The van der Waals surface area contributed by atoms with Gasteiger partial charge in [-0.25, -0.2) is 4.98 Å². The van der Waals surface area contributed by atoms with Gasteiger partial charge in [0.1, 0.15) is 0 Å². The van der Waals surface area contributed by atoms with Gasteiger partial charge in [-0.2, -0.15) is 0 Å². The summed E-state index contributed by atoms with van der Waals surface area (Å²) in [4.78, 5) is 8.58. The molecule has 21 heavy (non-hydrogen) atoms. The van der Waals surface area contributed by atoms with Crippen molar-refractivity contribution >= 4 is 16.5 Å². The van der Waals surface area contributed by atoms with Crippen LogP contribution in [0.15, 0.2) is 24.3 Å². The van der Waals surface area contributed by atoms with Crippen LogP contribution in [-0.4, -0.2) is 19.1 Å². The van der Waals surface area contributed by atoms with Gasteiger partial charge in [0, 0.05) is 24.5 Å². The first kappa shape index (κ1) is 14.5. The number of anilines is 1. The lowest BCUT2D eigenvalue weighted by molar-refractivity contribution is 0.501. The number of aryl methyl sites for hydroxylation is 2. The molecule has 0 radical (unpaired) electrons. The summed E-state index contributed by atoms with van der Waals surface area (Å²) in [5, 5.41) is 4.56. The zero-order valence-electron chi connectivity index (χ0n) is 13.0. The third kappa shape index (κ3) is 3.11. The second kappa shape index (κ2) is 6.16. The van der Waals surface area contributed by atoms with Gasteiger partial charge in [0.2, 0.25) is 0 Å². The summed E-state index contributed by atoms with van der Waals surface area (Å²) in [5.41, 5.74) is 3.96. The maximum absolute atomic E-state index is 4.87. The number of hydrogen-bond donors (Lipinski definition) is 1. The molecular weight excluding hydrogens is 278 g/mol. The Morgan fingerprint density at radius 3 is 3.05 bits per heavy atom. The molecule has 1 aliphatic rings. The number of nitrogens with zero attached hydrogens (tertiary/aromatic N) is 2. The van der Waals surface area contributed by atoms with Crippen LogP contribution < -0.4 is 10.2 Å². The van der Waals surface area contributed by atoms with E-state index in [2.05, 4.69) is 55.5 Å². The van der Waals surface area contributed by atoms with E-state index in [0.717, 1.165) is 18.1 Å². The Morgan fingerprint density at radius 2 is 2.29 bits per heavy atom. The van der Waals surface area contributed by atoms with Crippen molar-refractivity contribution in [3.05, 3.63) is 46.0 Å². The lowest BCUT2D eigenvalue weighted by Gasteiger charge is -2.19. The third-order valence-electron chi connectivity index (χ3n) is 4.12. The predicted molar refractivity (Wildman–Crippen MR) is 90.1 cm³/mol. The van der Waals surface area contributed by atoms with Crippen molar-refractivity contribution in [1.82, 2.24) is 10.3 Å². The molecule has 112 valence electrons. The molecule has 1 aromatic heterocycles. The van der Waals surface area contributed by atoms with Crippen molar-refractivity contribution in [1.29, 1.82) is 0 Å². The maximum Gasteiger partial charge on any atom is 0.185 e. The Kier molecular flexibility index (Phi) is 4.27. The molecule has 1 aliphatic carbocycles. The Labute approximate surface area is 131 Å². The van der Waals surface area contributed by atoms with E-state index in [1.54, 1.807) is 0 Å². The highest BCUT2D eigenvalue weighted by molar-refractivity contribution is 7.15. The van der Waals surface area contributed by atoms with Crippen LogP contribution in [0.2, 0.25) is 0 Å². The van der Waals surface area contributed by atoms with Crippen LogP contribution in [0.1, 0.15) is 40.6 Å². The van der Waals surface area contributed by atoms with Gasteiger partial charge in [0.25, 0.3) is 0 Å². The highest BCUT2D eigenvalue weighted by Crippen LogP contribution is 2.37. The van der Waals surface area contributed by atoms with E-state index in [1.807, 2.05) is 11.3 Å². The van der Waals surface area contributed by atoms with E-state index >= 15 is 0 Å². The Balaban J connectivity index is 1.79. The molecule has 1 unspecified atom stereocenters. The second-order valence-corrected chi connectivity index (χ2v) is 6.90. The summed E-state index contributed by atoms with van der Waals surface area (Å²) in [6, 6.07) is 9.20. The van der Waals surface area contributed by atoms with E-state index < -0.39 is 0 Å². The minimum Gasteiger partial charge on any atom is -0.347 e. The zero-order valence-corrected chi connectivity index (χ0v) is 13.8. The largest absolute Gasteiger partial charge is 0.347 e.